The summed E-state index contributed by atoms with van der Waals surface area (Å²) in [7, 11) is 0. The van der Waals surface area contributed by atoms with E-state index < -0.39 is 0 Å². The van der Waals surface area contributed by atoms with Crippen molar-refractivity contribution < 1.29 is 0 Å². The van der Waals surface area contributed by atoms with E-state index in [0.717, 1.165) is 11.4 Å². The maximum atomic E-state index is 12.4. The first-order chi connectivity index (χ1) is 9.50. The molecule has 0 aliphatic carbocycles. The van der Waals surface area contributed by atoms with Crippen molar-refractivity contribution in [3.05, 3.63) is 51.9 Å². The number of nitrogens with zero attached hydrogens (tertiary/aromatic N) is 2. The minimum atomic E-state index is -0.167. The minimum Gasteiger partial charge on any atom is -0.375 e. The first kappa shape index (κ1) is 14.0. The Bertz CT molecular complexity index is 714. The minimum absolute atomic E-state index is 0.0564. The van der Waals surface area contributed by atoms with Gasteiger partial charge in [0, 0.05) is 5.69 Å². The van der Waals surface area contributed by atoms with Crippen LogP contribution < -0.4 is 16.7 Å². The molecular weight excluding hydrogens is 274 g/mol. The van der Waals surface area contributed by atoms with Gasteiger partial charge in [0.2, 0.25) is 0 Å². The number of para-hydroxylation sites is 1. The second kappa shape index (κ2) is 5.70. The van der Waals surface area contributed by atoms with Crippen LogP contribution >= 0.6 is 12.2 Å². The number of H-pyrrole nitrogens is 1. The number of thiocarbonyl (C=S) groups is 1. The number of aromatic nitrogens is 2. The van der Waals surface area contributed by atoms with Crippen LogP contribution in [0.1, 0.15) is 18.2 Å². The van der Waals surface area contributed by atoms with Gasteiger partial charge in [-0.1, -0.05) is 18.2 Å². The Kier molecular flexibility index (Phi) is 3.99. The van der Waals surface area contributed by atoms with Gasteiger partial charge in [-0.2, -0.15) is 5.10 Å². The Hall–Kier alpha value is -2.41. The van der Waals surface area contributed by atoms with E-state index in [2.05, 4.69) is 27.8 Å². The Morgan fingerprint density at radius 3 is 2.65 bits per heavy atom. The zero-order chi connectivity index (χ0) is 14.7. The summed E-state index contributed by atoms with van der Waals surface area (Å²) in [6.07, 6.45) is 0. The van der Waals surface area contributed by atoms with Gasteiger partial charge in [-0.15, -0.1) is 0 Å². The molecule has 104 valence electrons. The standard InChI is InChI=1S/C13H15N5OS/c1-8(15-16-13(14)20)11-9(2)17-18(12(11)19)10-6-4-3-5-7-10/h3-7,17H,1-2H3,(H3,14,16,20)/b15-8+. The van der Waals surface area contributed by atoms with E-state index in [0.29, 0.717) is 11.3 Å². The lowest BCUT2D eigenvalue weighted by Crippen LogP contribution is -2.26. The Morgan fingerprint density at radius 1 is 1.40 bits per heavy atom. The molecule has 20 heavy (non-hydrogen) atoms. The van der Waals surface area contributed by atoms with Crippen LogP contribution in [0.2, 0.25) is 0 Å². The van der Waals surface area contributed by atoms with E-state index in [4.69, 9.17) is 5.73 Å². The predicted octanol–water partition coefficient (Wildman–Crippen LogP) is 1.03. The largest absolute Gasteiger partial charge is 0.375 e. The van der Waals surface area contributed by atoms with Gasteiger partial charge in [0.05, 0.1) is 17.0 Å². The monoisotopic (exact) mass is 289 g/mol. The lowest BCUT2D eigenvalue weighted by Gasteiger charge is -2.00. The van der Waals surface area contributed by atoms with Crippen LogP contribution in [0, 0.1) is 6.92 Å². The third-order valence-electron chi connectivity index (χ3n) is 2.78. The van der Waals surface area contributed by atoms with Gasteiger partial charge in [-0.05, 0) is 38.2 Å². The van der Waals surface area contributed by atoms with E-state index in [-0.39, 0.29) is 10.7 Å². The summed E-state index contributed by atoms with van der Waals surface area (Å²) in [5.41, 5.74) is 10.1. The molecule has 2 rings (SSSR count). The quantitative estimate of drug-likeness (QED) is 0.447. The second-order valence-corrected chi connectivity index (χ2v) is 4.70. The molecule has 0 radical (unpaired) electrons. The van der Waals surface area contributed by atoms with Gasteiger partial charge in [0.1, 0.15) is 0 Å². The molecule has 7 heteroatoms. The van der Waals surface area contributed by atoms with Gasteiger partial charge in [-0.25, -0.2) is 4.68 Å². The van der Waals surface area contributed by atoms with E-state index in [1.165, 1.54) is 4.68 Å². The van der Waals surface area contributed by atoms with Crippen molar-refractivity contribution in [2.24, 2.45) is 10.8 Å². The number of hydrogen-bond donors (Lipinski definition) is 3. The van der Waals surface area contributed by atoms with Crippen LogP contribution in [-0.4, -0.2) is 20.6 Å². The van der Waals surface area contributed by atoms with Crippen LogP contribution in [0.25, 0.3) is 5.69 Å². The maximum Gasteiger partial charge on any atom is 0.280 e. The fourth-order valence-electron chi connectivity index (χ4n) is 1.93. The Balaban J connectivity index is 2.48. The zero-order valence-electron chi connectivity index (χ0n) is 11.2. The average Bonchev–Trinajstić information content (AvgIpc) is 2.72. The molecule has 0 atom stereocenters. The lowest BCUT2D eigenvalue weighted by molar-refractivity contribution is 0.835. The topological polar surface area (TPSA) is 88.2 Å². The molecule has 0 fully saturated rings. The molecule has 0 unspecified atom stereocenters. The SMILES string of the molecule is C/C(=N\NC(N)=S)c1c(C)[nH]n(-c2ccccc2)c1=O. The van der Waals surface area contributed by atoms with E-state index in [1.54, 1.807) is 6.92 Å². The van der Waals surface area contributed by atoms with Gasteiger partial charge in [0.25, 0.3) is 5.56 Å². The molecule has 4 N–H and O–H groups in total. The summed E-state index contributed by atoms with van der Waals surface area (Å²) in [6.45, 7) is 3.54. The Morgan fingerprint density at radius 2 is 2.05 bits per heavy atom. The van der Waals surface area contributed by atoms with Crippen LogP contribution in [0.3, 0.4) is 0 Å². The molecule has 0 amide bonds. The number of hydrazone groups is 1. The molecule has 1 aromatic carbocycles. The highest BCUT2D eigenvalue weighted by atomic mass is 32.1. The van der Waals surface area contributed by atoms with Crippen LogP contribution in [0.15, 0.2) is 40.2 Å². The number of aryl methyl sites for hydroxylation is 1. The van der Waals surface area contributed by atoms with Crippen molar-refractivity contribution in [3.8, 4) is 5.69 Å². The normalized spacial score (nSPS) is 11.4. The molecule has 1 aromatic heterocycles. The van der Waals surface area contributed by atoms with Crippen molar-refractivity contribution in [3.63, 3.8) is 0 Å². The molecule has 1 heterocycles. The van der Waals surface area contributed by atoms with Gasteiger partial charge >= 0.3 is 0 Å². The fraction of sp³-hybridized carbons (Fsp3) is 0.154. The zero-order valence-corrected chi connectivity index (χ0v) is 12.0. The summed E-state index contributed by atoms with van der Waals surface area (Å²) >= 11 is 4.68. The first-order valence-corrected chi connectivity index (χ1v) is 6.38. The molecule has 0 aliphatic rings. The van der Waals surface area contributed by atoms with Crippen molar-refractivity contribution in [1.29, 1.82) is 0 Å². The number of aromatic amines is 1. The third-order valence-corrected chi connectivity index (χ3v) is 2.87. The third kappa shape index (κ3) is 2.77. The van der Waals surface area contributed by atoms with E-state index >= 15 is 0 Å². The molecule has 0 saturated carbocycles. The fourth-order valence-corrected chi connectivity index (χ4v) is 1.97. The summed E-state index contributed by atoms with van der Waals surface area (Å²) < 4.78 is 1.48. The summed E-state index contributed by atoms with van der Waals surface area (Å²) in [5, 5.41) is 7.08. The van der Waals surface area contributed by atoms with Crippen molar-refractivity contribution in [2.75, 3.05) is 0 Å². The summed E-state index contributed by atoms with van der Waals surface area (Å²) in [4.78, 5) is 12.4. The number of nitrogens with two attached hydrogens (primary N) is 1. The number of nitrogens with one attached hydrogen (secondary N) is 2. The van der Waals surface area contributed by atoms with Gasteiger partial charge in [-0.3, -0.25) is 15.3 Å². The van der Waals surface area contributed by atoms with Crippen LogP contribution in [0.5, 0.6) is 0 Å². The lowest BCUT2D eigenvalue weighted by atomic mass is 10.2. The molecule has 2 aromatic rings. The van der Waals surface area contributed by atoms with Crippen LogP contribution in [-0.2, 0) is 0 Å². The van der Waals surface area contributed by atoms with Gasteiger partial charge in [0.15, 0.2) is 5.11 Å². The number of rotatable bonds is 3. The highest BCUT2D eigenvalue weighted by molar-refractivity contribution is 7.80. The van der Waals surface area contributed by atoms with Crippen molar-refractivity contribution in [1.82, 2.24) is 15.2 Å². The van der Waals surface area contributed by atoms with Crippen molar-refractivity contribution in [2.45, 2.75) is 13.8 Å². The average molecular weight is 289 g/mol. The van der Waals surface area contributed by atoms with E-state index in [1.807, 2.05) is 37.3 Å². The number of benzene rings is 1. The van der Waals surface area contributed by atoms with Crippen LogP contribution in [0.4, 0.5) is 0 Å². The predicted molar refractivity (Wildman–Crippen MR) is 83.3 cm³/mol. The molecule has 0 saturated heterocycles. The highest BCUT2D eigenvalue weighted by Gasteiger charge is 2.14. The highest BCUT2D eigenvalue weighted by Crippen LogP contribution is 2.07. The van der Waals surface area contributed by atoms with Gasteiger partial charge < -0.3 is 5.73 Å². The molecule has 6 nitrogen and oxygen atoms in total. The maximum absolute atomic E-state index is 12.4. The summed E-state index contributed by atoms with van der Waals surface area (Å²) in [6, 6.07) is 9.33. The molecule has 0 aliphatic heterocycles. The van der Waals surface area contributed by atoms with Crippen molar-refractivity contribution >= 4 is 23.0 Å². The van der Waals surface area contributed by atoms with E-state index in [9.17, 15) is 4.79 Å². The second-order valence-electron chi connectivity index (χ2n) is 4.26. The number of hydrogen-bond acceptors (Lipinski definition) is 3. The molecule has 0 spiro atoms. The first-order valence-electron chi connectivity index (χ1n) is 5.98. The summed E-state index contributed by atoms with van der Waals surface area (Å²) in [5.74, 6) is 0. The molecule has 0 bridgehead atoms. The Labute approximate surface area is 121 Å². The molecular formula is C13H15N5OS. The smallest absolute Gasteiger partial charge is 0.280 e.